The number of rotatable bonds is 4. The first-order chi connectivity index (χ1) is 15.3. The van der Waals surface area contributed by atoms with Gasteiger partial charge in [0.15, 0.2) is 9.84 Å². The van der Waals surface area contributed by atoms with Crippen molar-refractivity contribution in [1.29, 1.82) is 0 Å². The molecule has 5 rings (SSSR count). The third-order valence-electron chi connectivity index (χ3n) is 6.95. The Bertz CT molecular complexity index is 1180. The van der Waals surface area contributed by atoms with Crippen molar-refractivity contribution in [2.24, 2.45) is 5.92 Å². The maximum Gasteiger partial charge on any atom is 0.230 e. The Morgan fingerprint density at radius 3 is 2.12 bits per heavy atom. The number of amides is 2. The molecule has 1 unspecified atom stereocenters. The van der Waals surface area contributed by atoms with Crippen LogP contribution in [0.1, 0.15) is 46.0 Å². The van der Waals surface area contributed by atoms with Crippen LogP contribution in [-0.4, -0.2) is 38.1 Å². The zero-order valence-electron chi connectivity index (χ0n) is 18.5. The Kier molecular flexibility index (Phi) is 5.12. The number of sulfone groups is 1. The summed E-state index contributed by atoms with van der Waals surface area (Å²) in [5, 5.41) is -0.234. The number of hydrogen-bond acceptors (Lipinski definition) is 4. The largest absolute Gasteiger partial charge is 0.308 e. The monoisotopic (exact) mass is 452 g/mol. The Hall–Kier alpha value is -2.67. The molecule has 6 nitrogen and oxygen atoms in total. The molecule has 32 heavy (non-hydrogen) atoms. The number of nitrogens with zero attached hydrogens (tertiary/aromatic N) is 2. The van der Waals surface area contributed by atoms with Crippen LogP contribution in [0.2, 0.25) is 0 Å². The van der Waals surface area contributed by atoms with Gasteiger partial charge in [-0.2, -0.15) is 0 Å². The van der Waals surface area contributed by atoms with E-state index < -0.39 is 9.84 Å². The quantitative estimate of drug-likeness (QED) is 0.698. The van der Waals surface area contributed by atoms with E-state index in [0.717, 1.165) is 54.6 Å². The minimum absolute atomic E-state index is 0.0446. The highest BCUT2D eigenvalue weighted by Gasteiger charge is 2.38. The molecule has 0 saturated heterocycles. The van der Waals surface area contributed by atoms with Gasteiger partial charge in [-0.1, -0.05) is 24.6 Å². The second-order valence-corrected chi connectivity index (χ2v) is 11.5. The highest BCUT2D eigenvalue weighted by molar-refractivity contribution is 7.92. The molecule has 0 aromatic heterocycles. The molecule has 2 fully saturated rings. The molecule has 0 bridgehead atoms. The lowest BCUT2D eigenvalue weighted by atomic mass is 9.84. The third kappa shape index (κ3) is 3.52. The predicted octanol–water partition coefficient (Wildman–Crippen LogP) is 4.18. The number of hydrogen-bond donors (Lipinski definition) is 0. The van der Waals surface area contributed by atoms with Gasteiger partial charge in [-0.25, -0.2) is 8.42 Å². The molecule has 168 valence electrons. The molecule has 2 saturated carbocycles. The summed E-state index contributed by atoms with van der Waals surface area (Å²) < 4.78 is 25.0. The summed E-state index contributed by atoms with van der Waals surface area (Å²) in [6.45, 7) is 4.00. The van der Waals surface area contributed by atoms with Crippen molar-refractivity contribution in [2.45, 2.75) is 62.1 Å². The van der Waals surface area contributed by atoms with E-state index in [2.05, 4.69) is 0 Å². The number of carbonyl (C=O) groups is 2. The molecule has 1 heterocycles. The number of carbonyl (C=O) groups excluding carboxylic acids is 2. The number of fused-ring (bicyclic) bond motifs is 1. The molecular formula is C25H28N2O4S. The summed E-state index contributed by atoms with van der Waals surface area (Å²) in [6.07, 6.45) is 4.41. The molecule has 3 aliphatic rings. The van der Waals surface area contributed by atoms with Gasteiger partial charge in [0, 0.05) is 19.4 Å². The zero-order chi connectivity index (χ0) is 22.6. The molecule has 1 aliphatic heterocycles. The van der Waals surface area contributed by atoms with Crippen molar-refractivity contribution in [1.82, 2.24) is 0 Å². The SMILES string of the molecule is CC(=O)N1c2ccc(-c3ccc(S(=O)(=O)C4CC4)cc3)cc2N(C(=O)C2CCC2)CC1C. The van der Waals surface area contributed by atoms with Gasteiger partial charge in [-0.3, -0.25) is 9.59 Å². The highest BCUT2D eigenvalue weighted by Crippen LogP contribution is 2.41. The van der Waals surface area contributed by atoms with Gasteiger partial charge in [0.25, 0.3) is 0 Å². The van der Waals surface area contributed by atoms with Crippen molar-refractivity contribution in [3.8, 4) is 11.1 Å². The molecule has 0 N–H and O–H groups in total. The minimum atomic E-state index is -3.23. The fraction of sp³-hybridized carbons (Fsp3) is 0.440. The van der Waals surface area contributed by atoms with Gasteiger partial charge in [-0.05, 0) is 68.0 Å². The van der Waals surface area contributed by atoms with Crippen LogP contribution >= 0.6 is 0 Å². The molecule has 2 aromatic carbocycles. The highest BCUT2D eigenvalue weighted by atomic mass is 32.2. The lowest BCUT2D eigenvalue weighted by molar-refractivity contribution is -0.125. The normalized spacial score (nSPS) is 21.1. The second-order valence-electron chi connectivity index (χ2n) is 9.29. The smallest absolute Gasteiger partial charge is 0.230 e. The van der Waals surface area contributed by atoms with E-state index in [-0.39, 0.29) is 29.0 Å². The third-order valence-corrected chi connectivity index (χ3v) is 9.23. The van der Waals surface area contributed by atoms with Gasteiger partial charge in [0.05, 0.1) is 27.6 Å². The maximum absolute atomic E-state index is 13.2. The van der Waals surface area contributed by atoms with Crippen molar-refractivity contribution in [3.63, 3.8) is 0 Å². The summed E-state index contributed by atoms with van der Waals surface area (Å²) in [6, 6.07) is 12.7. The lowest BCUT2D eigenvalue weighted by Gasteiger charge is -2.43. The van der Waals surface area contributed by atoms with Gasteiger partial charge < -0.3 is 9.80 Å². The molecule has 2 aromatic rings. The summed E-state index contributed by atoms with van der Waals surface area (Å²) in [5.74, 6) is 0.155. The Morgan fingerprint density at radius 2 is 1.56 bits per heavy atom. The average molecular weight is 453 g/mol. The maximum atomic E-state index is 13.2. The molecule has 2 aliphatic carbocycles. The van der Waals surface area contributed by atoms with Gasteiger partial charge >= 0.3 is 0 Å². The molecule has 0 radical (unpaired) electrons. The van der Waals surface area contributed by atoms with Crippen LogP contribution < -0.4 is 9.80 Å². The van der Waals surface area contributed by atoms with E-state index in [4.69, 9.17) is 0 Å². The van der Waals surface area contributed by atoms with Crippen molar-refractivity contribution in [3.05, 3.63) is 42.5 Å². The van der Waals surface area contributed by atoms with Crippen LogP contribution in [-0.2, 0) is 19.4 Å². The summed E-state index contributed by atoms with van der Waals surface area (Å²) in [5.41, 5.74) is 3.28. The van der Waals surface area contributed by atoms with E-state index >= 15 is 0 Å². The van der Waals surface area contributed by atoms with Gasteiger partial charge in [0.2, 0.25) is 11.8 Å². The van der Waals surface area contributed by atoms with Crippen LogP contribution in [0.15, 0.2) is 47.4 Å². The van der Waals surface area contributed by atoms with Crippen LogP contribution in [0.25, 0.3) is 11.1 Å². The summed E-state index contributed by atoms with van der Waals surface area (Å²) in [4.78, 5) is 29.5. The Morgan fingerprint density at radius 1 is 0.906 bits per heavy atom. The Labute approximate surface area is 189 Å². The van der Waals surface area contributed by atoms with Crippen LogP contribution in [0.4, 0.5) is 11.4 Å². The van der Waals surface area contributed by atoms with Crippen molar-refractivity contribution in [2.75, 3.05) is 16.3 Å². The molecular weight excluding hydrogens is 424 g/mol. The van der Waals surface area contributed by atoms with Gasteiger partial charge in [-0.15, -0.1) is 0 Å². The Balaban J connectivity index is 1.53. The lowest BCUT2D eigenvalue weighted by Crippen LogP contribution is -2.53. The second kappa shape index (κ2) is 7.73. The van der Waals surface area contributed by atoms with Crippen LogP contribution in [0.5, 0.6) is 0 Å². The number of benzene rings is 2. The molecule has 1 atom stereocenters. The first-order valence-corrected chi connectivity index (χ1v) is 12.9. The van der Waals surface area contributed by atoms with Crippen molar-refractivity contribution >= 4 is 33.0 Å². The molecule has 0 spiro atoms. The summed E-state index contributed by atoms with van der Waals surface area (Å²) in [7, 11) is -3.23. The topological polar surface area (TPSA) is 74.8 Å². The molecule has 2 amide bonds. The zero-order valence-corrected chi connectivity index (χ0v) is 19.3. The van der Waals surface area contributed by atoms with Crippen LogP contribution in [0.3, 0.4) is 0 Å². The summed E-state index contributed by atoms with van der Waals surface area (Å²) >= 11 is 0. The van der Waals surface area contributed by atoms with E-state index in [1.807, 2.05) is 42.2 Å². The minimum Gasteiger partial charge on any atom is -0.308 e. The van der Waals surface area contributed by atoms with Gasteiger partial charge in [0.1, 0.15) is 0 Å². The van der Waals surface area contributed by atoms with E-state index in [9.17, 15) is 18.0 Å². The average Bonchev–Trinajstić information content (AvgIpc) is 3.57. The first-order valence-electron chi connectivity index (χ1n) is 11.4. The fourth-order valence-corrected chi connectivity index (χ4v) is 6.43. The van der Waals surface area contributed by atoms with E-state index in [1.165, 1.54) is 0 Å². The van der Waals surface area contributed by atoms with Crippen LogP contribution in [0, 0.1) is 5.92 Å². The van der Waals surface area contributed by atoms with Crippen molar-refractivity contribution < 1.29 is 18.0 Å². The van der Waals surface area contributed by atoms with E-state index in [1.54, 1.807) is 24.0 Å². The number of anilines is 2. The molecule has 7 heteroatoms. The fourth-order valence-electron chi connectivity index (χ4n) is 4.78. The van der Waals surface area contributed by atoms with E-state index in [0.29, 0.717) is 11.4 Å². The standard InChI is InChI=1S/C25H28N2O4S/c1-16-15-26(25(29)19-4-3-5-19)24-14-20(8-13-23(24)27(16)17(2)28)18-6-9-21(10-7-18)32(30,31)22-11-12-22/h6-10,13-14,16,19,22H,3-5,11-12,15H2,1-2H3. The first kappa shape index (κ1) is 21.2. The predicted molar refractivity (Wildman–Crippen MR) is 124 cm³/mol.